The van der Waals surface area contributed by atoms with Gasteiger partial charge in [-0.3, -0.25) is 10.1 Å². The molecule has 0 bridgehead atoms. The fourth-order valence-corrected chi connectivity index (χ4v) is 3.36. The summed E-state index contributed by atoms with van der Waals surface area (Å²) in [5.74, 6) is 0.903. The van der Waals surface area contributed by atoms with E-state index in [0.29, 0.717) is 17.0 Å². The Hall–Kier alpha value is -2.15. The Morgan fingerprint density at radius 2 is 1.82 bits per heavy atom. The molecule has 0 amide bonds. The topological polar surface area (TPSA) is 64.2 Å². The summed E-state index contributed by atoms with van der Waals surface area (Å²) in [5.41, 5.74) is 2.76. The summed E-state index contributed by atoms with van der Waals surface area (Å²) in [5, 5.41) is 11.8. The number of benzene rings is 2. The molecule has 0 aliphatic rings. The van der Waals surface area contributed by atoms with Crippen LogP contribution in [0, 0.1) is 10.1 Å². The van der Waals surface area contributed by atoms with Crippen molar-refractivity contribution < 1.29 is 4.92 Å². The first kappa shape index (κ1) is 22.1. The van der Waals surface area contributed by atoms with Gasteiger partial charge in [-0.25, -0.2) is 4.98 Å². The van der Waals surface area contributed by atoms with Crippen LogP contribution < -0.4 is 0 Å². The molecule has 0 fully saturated rings. The highest BCUT2D eigenvalue weighted by Crippen LogP contribution is 2.24. The van der Waals surface area contributed by atoms with Crippen LogP contribution in [-0.4, -0.2) is 39.0 Å². The number of hydrogen-bond donors (Lipinski definition) is 0. The number of rotatable bonds is 8. The van der Waals surface area contributed by atoms with E-state index in [0.717, 1.165) is 43.1 Å². The van der Waals surface area contributed by atoms with Crippen molar-refractivity contribution in [2.75, 3.05) is 19.6 Å². The molecule has 0 aliphatic carbocycles. The van der Waals surface area contributed by atoms with Crippen LogP contribution in [0.3, 0.4) is 0 Å². The average molecular weight is 423 g/mol. The van der Waals surface area contributed by atoms with Crippen molar-refractivity contribution in [3.63, 3.8) is 0 Å². The van der Waals surface area contributed by atoms with Crippen LogP contribution in [0.15, 0.2) is 42.5 Å². The third-order valence-corrected chi connectivity index (χ3v) is 5.08. The van der Waals surface area contributed by atoms with Crippen molar-refractivity contribution in [1.29, 1.82) is 0 Å². The molecule has 0 saturated carbocycles. The Morgan fingerprint density at radius 3 is 2.43 bits per heavy atom. The molecule has 0 unspecified atom stereocenters. The first-order valence-electron chi connectivity index (χ1n) is 9.12. The normalized spacial score (nSPS) is 11.0. The molecule has 3 aromatic rings. The van der Waals surface area contributed by atoms with Crippen LogP contribution >= 0.6 is 24.0 Å². The molecular formula is C20H24Cl2N4O2. The van der Waals surface area contributed by atoms with E-state index in [4.69, 9.17) is 16.6 Å². The lowest BCUT2D eigenvalue weighted by atomic mass is 10.1. The second-order valence-electron chi connectivity index (χ2n) is 6.44. The van der Waals surface area contributed by atoms with Gasteiger partial charge < -0.3 is 9.47 Å². The molecule has 1 aromatic heterocycles. The maximum atomic E-state index is 11.1. The number of nitro benzene ring substituents is 1. The molecule has 3 rings (SSSR count). The van der Waals surface area contributed by atoms with Gasteiger partial charge >= 0.3 is 0 Å². The third-order valence-electron chi connectivity index (χ3n) is 4.83. The van der Waals surface area contributed by atoms with Gasteiger partial charge in [0.2, 0.25) is 0 Å². The van der Waals surface area contributed by atoms with Crippen LogP contribution in [0.1, 0.15) is 25.2 Å². The number of aromatic nitrogens is 2. The van der Waals surface area contributed by atoms with Crippen molar-refractivity contribution in [1.82, 2.24) is 14.5 Å². The molecule has 0 radical (unpaired) electrons. The second-order valence-corrected chi connectivity index (χ2v) is 6.88. The van der Waals surface area contributed by atoms with Gasteiger partial charge in [0, 0.05) is 36.7 Å². The first-order valence-corrected chi connectivity index (χ1v) is 9.50. The van der Waals surface area contributed by atoms with Crippen molar-refractivity contribution in [3.8, 4) is 0 Å². The number of nitrogens with zero attached hydrogens (tertiary/aromatic N) is 4. The Morgan fingerprint density at radius 1 is 1.14 bits per heavy atom. The van der Waals surface area contributed by atoms with Crippen molar-refractivity contribution in [2.24, 2.45) is 0 Å². The van der Waals surface area contributed by atoms with Crippen LogP contribution in [-0.2, 0) is 13.0 Å². The van der Waals surface area contributed by atoms with Gasteiger partial charge in [0.15, 0.2) is 0 Å². The number of imidazole rings is 1. The molecule has 8 heteroatoms. The molecule has 6 nitrogen and oxygen atoms in total. The molecule has 0 saturated heterocycles. The SMILES string of the molecule is CCN(CC)CCn1c(Cc2ccc(Cl)cc2)nc2cc([N+](=O)[O-])ccc21.Cl. The minimum Gasteiger partial charge on any atom is -0.326 e. The summed E-state index contributed by atoms with van der Waals surface area (Å²) >= 11 is 5.98. The van der Waals surface area contributed by atoms with Crippen molar-refractivity contribution >= 4 is 40.7 Å². The molecule has 28 heavy (non-hydrogen) atoms. The standard InChI is InChI=1S/C20H23ClN4O2.ClH/c1-3-23(4-2)11-12-24-19-10-9-17(25(26)27)14-18(19)22-20(24)13-15-5-7-16(21)8-6-15;/h5-10,14H,3-4,11-13H2,1-2H3;1H. The number of likely N-dealkylation sites (N-methyl/N-ethyl adjacent to an activating group) is 1. The summed E-state index contributed by atoms with van der Waals surface area (Å²) in [4.78, 5) is 17.8. The van der Waals surface area contributed by atoms with E-state index in [2.05, 4.69) is 23.3 Å². The monoisotopic (exact) mass is 422 g/mol. The zero-order chi connectivity index (χ0) is 19.4. The predicted octanol–water partition coefficient (Wildman–Crippen LogP) is 4.95. The fourth-order valence-electron chi connectivity index (χ4n) is 3.23. The van der Waals surface area contributed by atoms with Gasteiger partial charge in [-0.05, 0) is 36.9 Å². The Labute approximate surface area is 175 Å². The number of fused-ring (bicyclic) bond motifs is 1. The van der Waals surface area contributed by atoms with Crippen LogP contribution in [0.5, 0.6) is 0 Å². The Kier molecular flexibility index (Phi) is 7.80. The number of non-ortho nitro benzene ring substituents is 1. The highest BCUT2D eigenvalue weighted by atomic mass is 35.5. The highest BCUT2D eigenvalue weighted by molar-refractivity contribution is 6.30. The van der Waals surface area contributed by atoms with Crippen molar-refractivity contribution in [2.45, 2.75) is 26.8 Å². The summed E-state index contributed by atoms with van der Waals surface area (Å²) in [6, 6.07) is 12.6. The summed E-state index contributed by atoms with van der Waals surface area (Å²) in [6.45, 7) is 7.96. The highest BCUT2D eigenvalue weighted by Gasteiger charge is 2.15. The van der Waals surface area contributed by atoms with E-state index in [-0.39, 0.29) is 23.0 Å². The lowest BCUT2D eigenvalue weighted by Crippen LogP contribution is -2.27. The van der Waals surface area contributed by atoms with Gasteiger partial charge in [-0.2, -0.15) is 0 Å². The lowest BCUT2D eigenvalue weighted by Gasteiger charge is -2.19. The van der Waals surface area contributed by atoms with E-state index in [1.807, 2.05) is 24.3 Å². The van der Waals surface area contributed by atoms with Gasteiger partial charge in [0.25, 0.3) is 5.69 Å². The van der Waals surface area contributed by atoms with Crippen LogP contribution in [0.4, 0.5) is 5.69 Å². The number of nitro groups is 1. The molecular weight excluding hydrogens is 399 g/mol. The molecule has 0 atom stereocenters. The first-order chi connectivity index (χ1) is 13.0. The number of hydrogen-bond acceptors (Lipinski definition) is 4. The van der Waals surface area contributed by atoms with E-state index in [1.165, 1.54) is 0 Å². The molecule has 2 aromatic carbocycles. The van der Waals surface area contributed by atoms with Crippen LogP contribution in [0.25, 0.3) is 11.0 Å². The average Bonchev–Trinajstić information content (AvgIpc) is 3.00. The molecule has 0 N–H and O–H groups in total. The summed E-state index contributed by atoms with van der Waals surface area (Å²) < 4.78 is 2.17. The number of halogens is 2. The van der Waals surface area contributed by atoms with Gasteiger partial charge in [0.1, 0.15) is 5.82 Å². The Bertz CT molecular complexity index is 937. The minimum absolute atomic E-state index is 0. The fraction of sp³-hybridized carbons (Fsp3) is 0.350. The zero-order valence-corrected chi connectivity index (χ0v) is 17.5. The largest absolute Gasteiger partial charge is 0.326 e. The van der Waals surface area contributed by atoms with Gasteiger partial charge in [-0.15, -0.1) is 12.4 Å². The zero-order valence-electron chi connectivity index (χ0n) is 16.0. The maximum absolute atomic E-state index is 11.1. The summed E-state index contributed by atoms with van der Waals surface area (Å²) in [6.07, 6.45) is 0.651. The van der Waals surface area contributed by atoms with E-state index in [1.54, 1.807) is 18.2 Å². The maximum Gasteiger partial charge on any atom is 0.271 e. The van der Waals surface area contributed by atoms with E-state index >= 15 is 0 Å². The van der Waals surface area contributed by atoms with Gasteiger partial charge in [0.05, 0.1) is 16.0 Å². The Balaban J connectivity index is 0.00000280. The van der Waals surface area contributed by atoms with Gasteiger partial charge in [-0.1, -0.05) is 37.6 Å². The quantitative estimate of drug-likeness (QED) is 0.380. The summed E-state index contributed by atoms with van der Waals surface area (Å²) in [7, 11) is 0. The molecule has 1 heterocycles. The predicted molar refractivity (Wildman–Crippen MR) is 116 cm³/mol. The lowest BCUT2D eigenvalue weighted by molar-refractivity contribution is -0.384. The van der Waals surface area contributed by atoms with E-state index < -0.39 is 0 Å². The molecule has 150 valence electrons. The second kappa shape index (κ2) is 9.87. The van der Waals surface area contributed by atoms with E-state index in [9.17, 15) is 10.1 Å². The molecule has 0 aliphatic heterocycles. The minimum atomic E-state index is -0.382. The smallest absolute Gasteiger partial charge is 0.271 e. The van der Waals surface area contributed by atoms with Crippen LogP contribution in [0.2, 0.25) is 5.02 Å². The molecule has 0 spiro atoms. The van der Waals surface area contributed by atoms with Crippen molar-refractivity contribution in [3.05, 3.63) is 69.0 Å². The third kappa shape index (κ3) is 5.01.